The Labute approximate surface area is 200 Å². The summed E-state index contributed by atoms with van der Waals surface area (Å²) in [7, 11) is 0. The minimum atomic E-state index is -0.450. The zero-order valence-electron chi connectivity index (χ0n) is 18.5. The van der Waals surface area contributed by atoms with E-state index in [-0.39, 0.29) is 18.4 Å². The fourth-order valence-electron chi connectivity index (χ4n) is 3.32. The number of hydrogen-bond acceptors (Lipinski definition) is 4. The van der Waals surface area contributed by atoms with Gasteiger partial charge in [0.05, 0.1) is 5.69 Å². The summed E-state index contributed by atoms with van der Waals surface area (Å²) >= 11 is 3.48. The van der Waals surface area contributed by atoms with Crippen LogP contribution in [-0.4, -0.2) is 18.6 Å². The molecule has 0 saturated heterocycles. The third-order valence-corrected chi connectivity index (χ3v) is 6.00. The molecule has 2 N–H and O–H groups in total. The van der Waals surface area contributed by atoms with E-state index in [1.807, 2.05) is 39.0 Å². The summed E-state index contributed by atoms with van der Waals surface area (Å²) in [5.41, 5.74) is 5.00. The van der Waals surface area contributed by atoms with Crippen LogP contribution >= 0.6 is 15.9 Å². The van der Waals surface area contributed by atoms with Gasteiger partial charge in [-0.3, -0.25) is 9.59 Å². The number of nitrogens with one attached hydrogen (secondary N) is 2. The van der Waals surface area contributed by atoms with Crippen molar-refractivity contribution in [1.29, 1.82) is 0 Å². The smallest absolute Gasteiger partial charge is 0.272 e. The van der Waals surface area contributed by atoms with E-state index in [2.05, 4.69) is 26.6 Å². The van der Waals surface area contributed by atoms with Gasteiger partial charge in [0.2, 0.25) is 6.79 Å². The van der Waals surface area contributed by atoms with Crippen LogP contribution in [0.4, 0.5) is 5.69 Å². The van der Waals surface area contributed by atoms with Gasteiger partial charge >= 0.3 is 0 Å². The number of benzene rings is 3. The Hall–Kier alpha value is -3.58. The van der Waals surface area contributed by atoms with Gasteiger partial charge in [0.25, 0.3) is 11.8 Å². The van der Waals surface area contributed by atoms with E-state index >= 15 is 0 Å². The van der Waals surface area contributed by atoms with E-state index in [0.717, 1.165) is 21.2 Å². The number of carbonyl (C=O) groups is 2. The average Bonchev–Trinajstić information content (AvgIpc) is 3.25. The number of ether oxygens (including phenoxy) is 2. The highest BCUT2D eigenvalue weighted by Gasteiger charge is 2.18. The third kappa shape index (κ3) is 5.26. The van der Waals surface area contributed by atoms with Gasteiger partial charge in [0.15, 0.2) is 11.5 Å². The number of aryl methyl sites for hydroxylation is 3. The molecular formula is C26H23BrN2O4. The van der Waals surface area contributed by atoms with Crippen molar-refractivity contribution >= 4 is 39.5 Å². The molecule has 0 aromatic heterocycles. The van der Waals surface area contributed by atoms with E-state index in [4.69, 9.17) is 9.47 Å². The van der Waals surface area contributed by atoms with Crippen molar-refractivity contribution in [2.75, 3.05) is 12.1 Å². The molecule has 4 rings (SSSR count). The molecule has 1 aliphatic rings. The van der Waals surface area contributed by atoms with Crippen molar-refractivity contribution in [3.63, 3.8) is 0 Å². The number of rotatable bonds is 5. The number of amides is 2. The second kappa shape index (κ2) is 9.50. The van der Waals surface area contributed by atoms with Crippen LogP contribution < -0.4 is 20.1 Å². The number of anilines is 1. The first-order valence-electron chi connectivity index (χ1n) is 10.4. The SMILES string of the molecule is Cc1ccc(NC(=O)C(=Cc2ccc3c(c2)OCO3)NC(=O)c2ccc(C)c(C)c2)c(Br)c1. The standard InChI is InChI=1S/C26H23BrN2O4/c1-15-4-8-21(20(27)10-15)28-26(31)22(12-18-6-9-23-24(13-18)33-14-32-23)29-25(30)19-7-5-16(2)17(3)11-19/h4-13H,14H2,1-3H3,(H,28,31)(H,29,30). The summed E-state index contributed by atoms with van der Waals surface area (Å²) in [4.78, 5) is 26.2. The molecular weight excluding hydrogens is 484 g/mol. The van der Waals surface area contributed by atoms with Crippen LogP contribution in [0, 0.1) is 20.8 Å². The van der Waals surface area contributed by atoms with Crippen LogP contribution in [0.2, 0.25) is 0 Å². The number of fused-ring (bicyclic) bond motifs is 1. The monoisotopic (exact) mass is 506 g/mol. The maximum Gasteiger partial charge on any atom is 0.272 e. The maximum atomic E-state index is 13.2. The summed E-state index contributed by atoms with van der Waals surface area (Å²) < 4.78 is 11.5. The van der Waals surface area contributed by atoms with Gasteiger partial charge in [-0.05, 0) is 101 Å². The van der Waals surface area contributed by atoms with Crippen LogP contribution in [0.3, 0.4) is 0 Å². The Kier molecular flexibility index (Phi) is 6.51. The molecule has 2 amide bonds. The summed E-state index contributed by atoms with van der Waals surface area (Å²) in [5.74, 6) is 0.406. The molecule has 0 bridgehead atoms. The highest BCUT2D eigenvalue weighted by molar-refractivity contribution is 9.10. The van der Waals surface area contributed by atoms with Gasteiger partial charge in [-0.15, -0.1) is 0 Å². The molecule has 0 unspecified atom stereocenters. The first-order valence-corrected chi connectivity index (χ1v) is 11.2. The highest BCUT2D eigenvalue weighted by Crippen LogP contribution is 2.33. The zero-order chi connectivity index (χ0) is 23.5. The Morgan fingerprint density at radius 3 is 2.45 bits per heavy atom. The Morgan fingerprint density at radius 1 is 0.909 bits per heavy atom. The van der Waals surface area contributed by atoms with E-state index in [1.54, 1.807) is 42.5 Å². The summed E-state index contributed by atoms with van der Waals surface area (Å²) in [6, 6.07) is 16.4. The number of hydrogen-bond donors (Lipinski definition) is 2. The fraction of sp³-hybridized carbons (Fsp3) is 0.154. The Balaban J connectivity index is 1.65. The lowest BCUT2D eigenvalue weighted by Gasteiger charge is -2.13. The molecule has 0 aliphatic carbocycles. The summed E-state index contributed by atoms with van der Waals surface area (Å²) in [6.45, 7) is 6.04. The molecule has 0 saturated carbocycles. The van der Waals surface area contributed by atoms with Crippen molar-refractivity contribution < 1.29 is 19.1 Å². The summed E-state index contributed by atoms with van der Waals surface area (Å²) in [6.07, 6.45) is 1.61. The van der Waals surface area contributed by atoms with Crippen molar-refractivity contribution in [2.45, 2.75) is 20.8 Å². The maximum absolute atomic E-state index is 13.2. The molecule has 0 spiro atoms. The predicted molar refractivity (Wildman–Crippen MR) is 131 cm³/mol. The van der Waals surface area contributed by atoms with Crippen LogP contribution in [0.25, 0.3) is 6.08 Å². The zero-order valence-corrected chi connectivity index (χ0v) is 20.1. The lowest BCUT2D eigenvalue weighted by atomic mass is 10.1. The second-order valence-electron chi connectivity index (χ2n) is 7.86. The molecule has 168 valence electrons. The first-order chi connectivity index (χ1) is 15.8. The molecule has 0 fully saturated rings. The minimum Gasteiger partial charge on any atom is -0.454 e. The lowest BCUT2D eigenvalue weighted by molar-refractivity contribution is -0.113. The lowest BCUT2D eigenvalue weighted by Crippen LogP contribution is -2.31. The van der Waals surface area contributed by atoms with Gasteiger partial charge in [-0.2, -0.15) is 0 Å². The van der Waals surface area contributed by atoms with Crippen molar-refractivity contribution in [2.24, 2.45) is 0 Å². The van der Waals surface area contributed by atoms with Crippen LogP contribution in [-0.2, 0) is 4.79 Å². The Bertz CT molecular complexity index is 1280. The number of carbonyl (C=O) groups excluding carboxylic acids is 2. The molecule has 0 atom stereocenters. The van der Waals surface area contributed by atoms with E-state index in [9.17, 15) is 9.59 Å². The topological polar surface area (TPSA) is 76.7 Å². The van der Waals surface area contributed by atoms with Crippen molar-refractivity contribution in [1.82, 2.24) is 5.32 Å². The minimum absolute atomic E-state index is 0.101. The quantitative estimate of drug-likeness (QED) is 0.447. The summed E-state index contributed by atoms with van der Waals surface area (Å²) in [5, 5.41) is 5.63. The van der Waals surface area contributed by atoms with Gasteiger partial charge < -0.3 is 20.1 Å². The Morgan fingerprint density at radius 2 is 1.70 bits per heavy atom. The van der Waals surface area contributed by atoms with Crippen molar-refractivity contribution in [3.05, 3.63) is 92.6 Å². The number of halogens is 1. The van der Waals surface area contributed by atoms with E-state index < -0.39 is 5.91 Å². The van der Waals surface area contributed by atoms with Gasteiger partial charge in [-0.1, -0.05) is 18.2 Å². The average molecular weight is 507 g/mol. The van der Waals surface area contributed by atoms with Gasteiger partial charge in [-0.25, -0.2) is 0 Å². The molecule has 3 aromatic rings. The molecule has 1 heterocycles. The second-order valence-corrected chi connectivity index (χ2v) is 8.72. The first kappa shape index (κ1) is 22.6. The fourth-order valence-corrected chi connectivity index (χ4v) is 3.91. The van der Waals surface area contributed by atoms with E-state index in [0.29, 0.717) is 28.3 Å². The molecule has 3 aromatic carbocycles. The molecule has 33 heavy (non-hydrogen) atoms. The third-order valence-electron chi connectivity index (χ3n) is 5.34. The van der Waals surface area contributed by atoms with Crippen LogP contribution in [0.15, 0.2) is 64.8 Å². The molecule has 7 heteroatoms. The van der Waals surface area contributed by atoms with Gasteiger partial charge in [0, 0.05) is 10.0 Å². The predicted octanol–water partition coefficient (Wildman–Crippen LogP) is 5.51. The van der Waals surface area contributed by atoms with Crippen LogP contribution in [0.5, 0.6) is 11.5 Å². The molecule has 6 nitrogen and oxygen atoms in total. The largest absolute Gasteiger partial charge is 0.454 e. The highest BCUT2D eigenvalue weighted by atomic mass is 79.9. The van der Waals surface area contributed by atoms with Gasteiger partial charge in [0.1, 0.15) is 5.70 Å². The van der Waals surface area contributed by atoms with Crippen molar-refractivity contribution in [3.8, 4) is 11.5 Å². The van der Waals surface area contributed by atoms with E-state index in [1.165, 1.54) is 0 Å². The normalized spacial score (nSPS) is 12.4. The van der Waals surface area contributed by atoms with Crippen LogP contribution in [0.1, 0.15) is 32.6 Å². The molecule has 1 aliphatic heterocycles. The molecule has 0 radical (unpaired) electrons.